The molecule has 0 saturated carbocycles. The molecule has 0 radical (unpaired) electrons. The number of carbonyl (C=O) groups is 1. The van der Waals surface area contributed by atoms with E-state index in [0.29, 0.717) is 21.3 Å². The molecule has 5 nitrogen and oxygen atoms in total. The molecule has 0 bridgehead atoms. The van der Waals surface area contributed by atoms with Crippen molar-refractivity contribution in [2.75, 3.05) is 4.72 Å². The lowest BCUT2D eigenvalue weighted by atomic mass is 10.2. The number of aryl methyl sites for hydroxylation is 1. The molecule has 3 aromatic rings. The van der Waals surface area contributed by atoms with Gasteiger partial charge >= 0.3 is 0 Å². The van der Waals surface area contributed by atoms with Crippen molar-refractivity contribution in [3.8, 4) is 0 Å². The van der Waals surface area contributed by atoms with Gasteiger partial charge in [-0.25, -0.2) is 8.42 Å². The highest BCUT2D eigenvalue weighted by Crippen LogP contribution is 2.21. The van der Waals surface area contributed by atoms with Crippen LogP contribution in [0.3, 0.4) is 0 Å². The van der Waals surface area contributed by atoms with Crippen LogP contribution in [0.4, 0.5) is 5.69 Å². The molecular weight excluding hydrogens is 431 g/mol. The first-order valence-corrected chi connectivity index (χ1v) is 10.9. The Kier molecular flexibility index (Phi) is 6.47. The second-order valence-corrected chi connectivity index (χ2v) is 8.94. The van der Waals surface area contributed by atoms with Gasteiger partial charge in [0.25, 0.3) is 15.9 Å². The van der Waals surface area contributed by atoms with Crippen LogP contribution < -0.4 is 10.0 Å². The summed E-state index contributed by atoms with van der Waals surface area (Å²) in [7, 11) is -3.83. The number of rotatable bonds is 6. The second-order valence-electron chi connectivity index (χ2n) is 6.42. The van der Waals surface area contributed by atoms with E-state index in [0.717, 1.165) is 5.56 Å². The summed E-state index contributed by atoms with van der Waals surface area (Å²) in [6.45, 7) is 2.10. The molecule has 3 aromatic carbocycles. The molecule has 0 aliphatic carbocycles. The van der Waals surface area contributed by atoms with Crippen LogP contribution in [0.2, 0.25) is 10.0 Å². The number of carbonyl (C=O) groups excluding carboxylic acids is 1. The van der Waals surface area contributed by atoms with Crippen molar-refractivity contribution < 1.29 is 13.2 Å². The number of anilines is 1. The van der Waals surface area contributed by atoms with E-state index in [2.05, 4.69) is 10.0 Å². The van der Waals surface area contributed by atoms with Gasteiger partial charge in [-0.1, -0.05) is 53.0 Å². The molecule has 8 heteroatoms. The average Bonchev–Trinajstić information content (AvgIpc) is 2.69. The standard InChI is InChI=1S/C21H18Cl2N2O3S/c1-14-5-9-18(10-6-14)25-29(27,28)19-4-2-3-15(11-19)21(26)24-13-16-7-8-17(22)12-20(16)23/h2-12,25H,13H2,1H3,(H,24,26). The third-order valence-corrected chi connectivity index (χ3v) is 6.13. The van der Waals surface area contributed by atoms with E-state index in [1.165, 1.54) is 18.2 Å². The average molecular weight is 449 g/mol. The molecule has 0 aliphatic heterocycles. The van der Waals surface area contributed by atoms with Crippen LogP contribution in [0.1, 0.15) is 21.5 Å². The normalized spacial score (nSPS) is 11.1. The number of sulfonamides is 1. The number of hydrogen-bond acceptors (Lipinski definition) is 3. The van der Waals surface area contributed by atoms with E-state index in [1.54, 1.807) is 36.4 Å². The van der Waals surface area contributed by atoms with Crippen LogP contribution in [0.5, 0.6) is 0 Å². The first kappa shape index (κ1) is 21.2. The molecule has 0 spiro atoms. The highest BCUT2D eigenvalue weighted by Gasteiger charge is 2.17. The van der Waals surface area contributed by atoms with Gasteiger partial charge in [-0.2, -0.15) is 0 Å². The van der Waals surface area contributed by atoms with Gasteiger partial charge in [0.05, 0.1) is 4.90 Å². The lowest BCUT2D eigenvalue weighted by molar-refractivity contribution is 0.0950. The number of nitrogens with one attached hydrogen (secondary N) is 2. The Bertz CT molecular complexity index is 1150. The zero-order valence-corrected chi connectivity index (χ0v) is 17.8. The topological polar surface area (TPSA) is 75.3 Å². The predicted octanol–water partition coefficient (Wildman–Crippen LogP) is 5.03. The number of hydrogen-bond donors (Lipinski definition) is 2. The van der Waals surface area contributed by atoms with Gasteiger partial charge in [0, 0.05) is 27.8 Å². The minimum atomic E-state index is -3.83. The quantitative estimate of drug-likeness (QED) is 0.554. The van der Waals surface area contributed by atoms with Crippen molar-refractivity contribution >= 4 is 44.8 Å². The van der Waals surface area contributed by atoms with Crippen molar-refractivity contribution in [2.45, 2.75) is 18.4 Å². The van der Waals surface area contributed by atoms with Gasteiger partial charge in [0.2, 0.25) is 0 Å². The fourth-order valence-electron chi connectivity index (χ4n) is 2.58. The fourth-order valence-corrected chi connectivity index (χ4v) is 4.16. The third kappa shape index (κ3) is 5.50. The highest BCUT2D eigenvalue weighted by molar-refractivity contribution is 7.92. The van der Waals surface area contributed by atoms with Crippen molar-refractivity contribution in [3.63, 3.8) is 0 Å². The molecule has 0 fully saturated rings. The third-order valence-electron chi connectivity index (χ3n) is 4.16. The van der Waals surface area contributed by atoms with Crippen molar-refractivity contribution in [1.82, 2.24) is 5.32 Å². The minimum Gasteiger partial charge on any atom is -0.348 e. The van der Waals surface area contributed by atoms with E-state index in [1.807, 2.05) is 19.1 Å². The van der Waals surface area contributed by atoms with Crippen LogP contribution in [0.15, 0.2) is 71.6 Å². The summed E-state index contributed by atoms with van der Waals surface area (Å²) in [4.78, 5) is 12.5. The van der Waals surface area contributed by atoms with Crippen LogP contribution in [-0.2, 0) is 16.6 Å². The summed E-state index contributed by atoms with van der Waals surface area (Å²) in [5, 5.41) is 3.67. The maximum atomic E-state index is 12.6. The van der Waals surface area contributed by atoms with Gasteiger partial charge in [0.15, 0.2) is 0 Å². The Morgan fingerprint density at radius 1 is 0.966 bits per heavy atom. The molecule has 2 N–H and O–H groups in total. The van der Waals surface area contributed by atoms with E-state index in [9.17, 15) is 13.2 Å². The molecule has 0 aliphatic rings. The maximum Gasteiger partial charge on any atom is 0.261 e. The van der Waals surface area contributed by atoms with Gasteiger partial charge in [-0.05, 0) is 55.0 Å². The summed E-state index contributed by atoms with van der Waals surface area (Å²) >= 11 is 12.0. The molecule has 150 valence electrons. The van der Waals surface area contributed by atoms with E-state index < -0.39 is 15.9 Å². The SMILES string of the molecule is Cc1ccc(NS(=O)(=O)c2cccc(C(=O)NCc3ccc(Cl)cc3Cl)c2)cc1. The summed E-state index contributed by atoms with van der Waals surface area (Å²) in [5.41, 5.74) is 2.39. The van der Waals surface area contributed by atoms with Gasteiger partial charge < -0.3 is 5.32 Å². The molecule has 0 unspecified atom stereocenters. The summed E-state index contributed by atoms with van der Waals surface area (Å²) in [5.74, 6) is -0.414. The first-order valence-electron chi connectivity index (χ1n) is 8.66. The monoisotopic (exact) mass is 448 g/mol. The first-order chi connectivity index (χ1) is 13.7. The Morgan fingerprint density at radius 2 is 1.69 bits per heavy atom. The van der Waals surface area contributed by atoms with Gasteiger partial charge in [-0.15, -0.1) is 0 Å². The highest BCUT2D eigenvalue weighted by atomic mass is 35.5. The van der Waals surface area contributed by atoms with Crippen LogP contribution in [-0.4, -0.2) is 14.3 Å². The van der Waals surface area contributed by atoms with Gasteiger partial charge in [-0.3, -0.25) is 9.52 Å². The lowest BCUT2D eigenvalue weighted by Gasteiger charge is -2.11. The number of amides is 1. The lowest BCUT2D eigenvalue weighted by Crippen LogP contribution is -2.23. The number of benzene rings is 3. The van der Waals surface area contributed by atoms with E-state index in [-0.39, 0.29) is 17.0 Å². The van der Waals surface area contributed by atoms with Crippen LogP contribution in [0, 0.1) is 6.92 Å². The second kappa shape index (κ2) is 8.86. The van der Waals surface area contributed by atoms with Crippen molar-refractivity contribution in [2.24, 2.45) is 0 Å². The molecule has 0 aromatic heterocycles. The summed E-state index contributed by atoms with van der Waals surface area (Å²) in [6, 6.07) is 17.8. The van der Waals surface area contributed by atoms with E-state index in [4.69, 9.17) is 23.2 Å². The zero-order chi connectivity index (χ0) is 21.0. The van der Waals surface area contributed by atoms with Crippen molar-refractivity contribution in [3.05, 3.63) is 93.5 Å². The Morgan fingerprint density at radius 3 is 2.38 bits per heavy atom. The molecule has 29 heavy (non-hydrogen) atoms. The maximum absolute atomic E-state index is 12.6. The summed E-state index contributed by atoms with van der Waals surface area (Å²) in [6.07, 6.45) is 0. The largest absolute Gasteiger partial charge is 0.348 e. The molecule has 0 saturated heterocycles. The molecular formula is C21H18Cl2N2O3S. The van der Waals surface area contributed by atoms with Crippen molar-refractivity contribution in [1.29, 1.82) is 0 Å². The minimum absolute atomic E-state index is 0.00440. The molecule has 0 atom stereocenters. The Balaban J connectivity index is 1.74. The van der Waals surface area contributed by atoms with E-state index >= 15 is 0 Å². The Labute approximate surface area is 179 Å². The fraction of sp³-hybridized carbons (Fsp3) is 0.0952. The smallest absolute Gasteiger partial charge is 0.261 e. The predicted molar refractivity (Wildman–Crippen MR) is 116 cm³/mol. The molecule has 1 amide bonds. The zero-order valence-electron chi connectivity index (χ0n) is 15.4. The molecule has 0 heterocycles. The summed E-state index contributed by atoms with van der Waals surface area (Å²) < 4.78 is 27.8. The van der Waals surface area contributed by atoms with Gasteiger partial charge in [0.1, 0.15) is 0 Å². The molecule has 3 rings (SSSR count). The van der Waals surface area contributed by atoms with Crippen LogP contribution in [0.25, 0.3) is 0 Å². The number of halogens is 2. The Hall–Kier alpha value is -2.54. The van der Waals surface area contributed by atoms with Crippen LogP contribution >= 0.6 is 23.2 Å².